The fraction of sp³-hybridized carbons (Fsp3) is 0.632. The Labute approximate surface area is 146 Å². The van der Waals surface area contributed by atoms with E-state index in [0.717, 1.165) is 31.6 Å². The number of rotatable bonds is 2. The van der Waals surface area contributed by atoms with Crippen LogP contribution in [0.2, 0.25) is 0 Å². The largest absolute Gasteiger partial charge is 0.338 e. The van der Waals surface area contributed by atoms with Gasteiger partial charge in [-0.05, 0) is 43.6 Å². The van der Waals surface area contributed by atoms with E-state index in [-0.39, 0.29) is 11.5 Å². The summed E-state index contributed by atoms with van der Waals surface area (Å²) in [5.41, 5.74) is 1.90. The first-order valence-electron chi connectivity index (χ1n) is 9.50. The Morgan fingerprint density at radius 1 is 1.16 bits per heavy atom. The lowest BCUT2D eigenvalue weighted by Gasteiger charge is -2.22. The second-order valence-corrected chi connectivity index (χ2v) is 8.08. The van der Waals surface area contributed by atoms with Crippen molar-refractivity contribution in [2.45, 2.75) is 44.4 Å². The number of fused-ring (bicyclic) bond motifs is 2. The lowest BCUT2D eigenvalue weighted by molar-refractivity contribution is 0.0785. The summed E-state index contributed by atoms with van der Waals surface area (Å²) in [6, 6.07) is 1.89. The van der Waals surface area contributed by atoms with Crippen LogP contribution in [0.5, 0.6) is 0 Å². The highest BCUT2D eigenvalue weighted by molar-refractivity contribution is 6.05. The van der Waals surface area contributed by atoms with Gasteiger partial charge in [-0.1, -0.05) is 12.8 Å². The molecule has 2 saturated carbocycles. The van der Waals surface area contributed by atoms with Gasteiger partial charge in [0.05, 0.1) is 10.9 Å². The number of amides is 1. The van der Waals surface area contributed by atoms with E-state index < -0.39 is 0 Å². The van der Waals surface area contributed by atoms with Crippen LogP contribution in [0, 0.1) is 11.8 Å². The topological polar surface area (TPSA) is 71.0 Å². The van der Waals surface area contributed by atoms with Crippen LogP contribution in [0.15, 0.2) is 10.9 Å². The van der Waals surface area contributed by atoms with Gasteiger partial charge in [0.25, 0.3) is 11.5 Å². The molecule has 0 aromatic carbocycles. The summed E-state index contributed by atoms with van der Waals surface area (Å²) < 4.78 is 1.64. The van der Waals surface area contributed by atoms with Crippen molar-refractivity contribution in [2.75, 3.05) is 13.1 Å². The maximum Gasteiger partial charge on any atom is 0.274 e. The molecule has 1 amide bonds. The molecule has 5 rings (SSSR count). The lowest BCUT2D eigenvalue weighted by Crippen LogP contribution is -2.30. The molecule has 2 aliphatic carbocycles. The minimum absolute atomic E-state index is 0.0143. The molecule has 3 aliphatic rings. The Bertz CT molecular complexity index is 894. The van der Waals surface area contributed by atoms with E-state index in [2.05, 4.69) is 10.1 Å². The number of likely N-dealkylation sites (tertiary alicyclic amines) is 1. The van der Waals surface area contributed by atoms with E-state index in [9.17, 15) is 9.59 Å². The molecule has 1 N–H and O–H groups in total. The number of nitrogens with one attached hydrogen (secondary N) is 1. The standard InChI is InChI=1S/C19H24N4O2/c1-22-17-16(18(24)21-22)14(8-15(20-17)11-6-7-11)19(25)23-9-12-4-2-3-5-13(12)10-23/h8,11-13H,2-7,9-10H2,1H3,(H,21,24)/t12-,13-/m1/s1. The first-order chi connectivity index (χ1) is 12.1. The minimum Gasteiger partial charge on any atom is -0.338 e. The molecule has 132 valence electrons. The molecule has 2 aromatic rings. The predicted octanol–water partition coefficient (Wildman–Crippen LogP) is 2.40. The van der Waals surface area contributed by atoms with Crippen LogP contribution < -0.4 is 5.56 Å². The summed E-state index contributed by atoms with van der Waals surface area (Å²) in [6.07, 6.45) is 7.29. The molecule has 6 heteroatoms. The van der Waals surface area contributed by atoms with Crippen molar-refractivity contribution in [1.29, 1.82) is 0 Å². The van der Waals surface area contributed by atoms with Gasteiger partial charge in [0.15, 0.2) is 5.65 Å². The van der Waals surface area contributed by atoms with Crippen molar-refractivity contribution >= 4 is 16.9 Å². The van der Waals surface area contributed by atoms with Crippen LogP contribution >= 0.6 is 0 Å². The number of nitrogens with zero attached hydrogens (tertiary/aromatic N) is 3. The van der Waals surface area contributed by atoms with Gasteiger partial charge in [0.2, 0.25) is 0 Å². The SMILES string of the molecule is Cn1[nH]c(=O)c2c(C(=O)N3C[C@H]4CCCC[C@@H]4C3)cc(C3CC3)nc21. The van der Waals surface area contributed by atoms with Crippen LogP contribution in [-0.2, 0) is 7.05 Å². The van der Waals surface area contributed by atoms with Crippen LogP contribution in [-0.4, -0.2) is 38.7 Å². The monoisotopic (exact) mass is 340 g/mol. The highest BCUT2D eigenvalue weighted by Gasteiger charge is 2.38. The summed E-state index contributed by atoms with van der Waals surface area (Å²) in [7, 11) is 1.78. The molecular weight excluding hydrogens is 316 g/mol. The van der Waals surface area contributed by atoms with Crippen molar-refractivity contribution in [2.24, 2.45) is 18.9 Å². The van der Waals surface area contributed by atoms with Gasteiger partial charge >= 0.3 is 0 Å². The molecule has 1 aliphatic heterocycles. The van der Waals surface area contributed by atoms with Crippen molar-refractivity contribution in [3.05, 3.63) is 27.7 Å². The van der Waals surface area contributed by atoms with E-state index in [1.165, 1.54) is 25.7 Å². The van der Waals surface area contributed by atoms with Crippen molar-refractivity contribution in [1.82, 2.24) is 19.7 Å². The molecule has 0 spiro atoms. The molecular formula is C19H24N4O2. The van der Waals surface area contributed by atoms with Gasteiger partial charge in [-0.2, -0.15) is 0 Å². The number of pyridine rings is 1. The van der Waals surface area contributed by atoms with Gasteiger partial charge in [-0.15, -0.1) is 0 Å². The number of carbonyl (C=O) groups is 1. The van der Waals surface area contributed by atoms with E-state index in [0.29, 0.717) is 34.4 Å². The van der Waals surface area contributed by atoms with E-state index in [4.69, 9.17) is 0 Å². The molecule has 25 heavy (non-hydrogen) atoms. The van der Waals surface area contributed by atoms with E-state index in [1.54, 1.807) is 11.7 Å². The number of H-pyrrole nitrogens is 1. The zero-order valence-electron chi connectivity index (χ0n) is 14.6. The Kier molecular flexibility index (Phi) is 3.30. The third-order valence-electron chi connectivity index (χ3n) is 6.32. The number of aromatic amines is 1. The maximum absolute atomic E-state index is 13.3. The Morgan fingerprint density at radius 2 is 1.84 bits per heavy atom. The first-order valence-corrected chi connectivity index (χ1v) is 9.50. The molecule has 3 fully saturated rings. The first kappa shape index (κ1) is 15.2. The molecule has 6 nitrogen and oxygen atoms in total. The maximum atomic E-state index is 13.3. The van der Waals surface area contributed by atoms with Crippen molar-refractivity contribution < 1.29 is 4.79 Å². The second kappa shape index (κ2) is 5.44. The molecule has 2 aromatic heterocycles. The summed E-state index contributed by atoms with van der Waals surface area (Å²) in [4.78, 5) is 32.3. The average Bonchev–Trinajstić information content (AvgIpc) is 3.31. The number of carbonyl (C=O) groups excluding carboxylic acids is 1. The summed E-state index contributed by atoms with van der Waals surface area (Å²) in [5.74, 6) is 1.75. The molecule has 3 heterocycles. The number of hydrogen-bond donors (Lipinski definition) is 1. The highest BCUT2D eigenvalue weighted by atomic mass is 16.2. The van der Waals surface area contributed by atoms with Gasteiger partial charge < -0.3 is 4.90 Å². The van der Waals surface area contributed by atoms with Gasteiger partial charge in [0, 0.05) is 31.7 Å². The third kappa shape index (κ3) is 2.41. The smallest absolute Gasteiger partial charge is 0.274 e. The number of hydrogen-bond acceptors (Lipinski definition) is 3. The van der Waals surface area contributed by atoms with Crippen LogP contribution in [0.25, 0.3) is 11.0 Å². The van der Waals surface area contributed by atoms with Gasteiger partial charge in [-0.25, -0.2) is 4.98 Å². The average molecular weight is 340 g/mol. The zero-order valence-corrected chi connectivity index (χ0v) is 14.6. The van der Waals surface area contributed by atoms with Crippen LogP contribution in [0.1, 0.15) is 60.5 Å². The Balaban J connectivity index is 1.57. The highest BCUT2D eigenvalue weighted by Crippen LogP contribution is 2.41. The van der Waals surface area contributed by atoms with Gasteiger partial charge in [-0.3, -0.25) is 19.4 Å². The predicted molar refractivity (Wildman–Crippen MR) is 94.7 cm³/mol. The molecule has 0 radical (unpaired) electrons. The van der Waals surface area contributed by atoms with Crippen LogP contribution in [0.3, 0.4) is 0 Å². The molecule has 1 saturated heterocycles. The van der Waals surface area contributed by atoms with Crippen molar-refractivity contribution in [3.63, 3.8) is 0 Å². The Morgan fingerprint density at radius 3 is 2.48 bits per heavy atom. The molecule has 0 bridgehead atoms. The van der Waals surface area contributed by atoms with Crippen LogP contribution in [0.4, 0.5) is 0 Å². The fourth-order valence-corrected chi connectivity index (χ4v) is 4.78. The third-order valence-corrected chi connectivity index (χ3v) is 6.32. The summed E-state index contributed by atoms with van der Waals surface area (Å²) >= 11 is 0. The summed E-state index contributed by atoms with van der Waals surface area (Å²) in [6.45, 7) is 1.69. The lowest BCUT2D eigenvalue weighted by atomic mass is 9.82. The fourth-order valence-electron chi connectivity index (χ4n) is 4.78. The van der Waals surface area contributed by atoms with E-state index >= 15 is 0 Å². The minimum atomic E-state index is -0.215. The van der Waals surface area contributed by atoms with E-state index in [1.807, 2.05) is 11.0 Å². The number of aromatic nitrogens is 3. The summed E-state index contributed by atoms with van der Waals surface area (Å²) in [5, 5.41) is 3.22. The normalized spacial score (nSPS) is 26.2. The van der Waals surface area contributed by atoms with Gasteiger partial charge in [0.1, 0.15) is 0 Å². The molecule has 0 unspecified atom stereocenters. The molecule has 2 atom stereocenters. The number of aryl methyl sites for hydroxylation is 1. The quantitative estimate of drug-likeness (QED) is 0.912. The van der Waals surface area contributed by atoms with Crippen molar-refractivity contribution in [3.8, 4) is 0 Å². The Hall–Kier alpha value is -2.11. The zero-order chi connectivity index (χ0) is 17.1. The second-order valence-electron chi connectivity index (χ2n) is 8.08.